The van der Waals surface area contributed by atoms with Crippen LogP contribution in [-0.4, -0.2) is 48.1 Å². The van der Waals surface area contributed by atoms with Gasteiger partial charge < -0.3 is 14.4 Å². The van der Waals surface area contributed by atoms with Gasteiger partial charge in [-0.15, -0.1) is 0 Å². The lowest BCUT2D eigenvalue weighted by molar-refractivity contribution is 0.0712. The van der Waals surface area contributed by atoms with Gasteiger partial charge >= 0.3 is 0 Å². The lowest BCUT2D eigenvalue weighted by Crippen LogP contribution is -2.38. The average molecular weight is 395 g/mol. The van der Waals surface area contributed by atoms with Crippen molar-refractivity contribution in [2.24, 2.45) is 0 Å². The second kappa shape index (κ2) is 8.03. The standard InChI is InChI=1S/C22H22FN3O3/c1-28-19-11-17-18(12-20(19)29-2)24-13-25-21(17)14-7-9-26(10-8-14)22(27)15-3-5-16(23)6-4-15/h3-6,11-14H,7-10H2,1-2H3. The highest BCUT2D eigenvalue weighted by molar-refractivity contribution is 5.94. The largest absolute Gasteiger partial charge is 0.493 e. The number of benzene rings is 2. The molecule has 2 aromatic carbocycles. The van der Waals surface area contributed by atoms with E-state index in [-0.39, 0.29) is 17.6 Å². The number of ether oxygens (including phenoxy) is 2. The van der Waals surface area contributed by atoms with Crippen molar-refractivity contribution in [1.82, 2.24) is 14.9 Å². The van der Waals surface area contributed by atoms with Gasteiger partial charge in [0, 0.05) is 36.0 Å². The highest BCUT2D eigenvalue weighted by atomic mass is 19.1. The molecule has 0 atom stereocenters. The van der Waals surface area contributed by atoms with Gasteiger partial charge in [0.25, 0.3) is 5.91 Å². The molecule has 1 aliphatic rings. The number of carbonyl (C=O) groups is 1. The topological polar surface area (TPSA) is 64.6 Å². The van der Waals surface area contributed by atoms with E-state index in [1.165, 1.54) is 24.3 Å². The fraction of sp³-hybridized carbons (Fsp3) is 0.318. The minimum atomic E-state index is -0.344. The maximum absolute atomic E-state index is 13.1. The molecule has 1 amide bonds. The Kier molecular flexibility index (Phi) is 5.29. The Balaban J connectivity index is 1.54. The third-order valence-corrected chi connectivity index (χ3v) is 5.43. The number of hydrogen-bond donors (Lipinski definition) is 0. The van der Waals surface area contributed by atoms with Gasteiger partial charge in [-0.3, -0.25) is 4.79 Å². The molecule has 0 unspecified atom stereocenters. The minimum absolute atomic E-state index is 0.0672. The van der Waals surface area contributed by atoms with E-state index in [1.54, 1.807) is 20.5 Å². The summed E-state index contributed by atoms with van der Waals surface area (Å²) in [6, 6.07) is 9.46. The molecule has 0 saturated carbocycles. The van der Waals surface area contributed by atoms with Crippen LogP contribution in [0.2, 0.25) is 0 Å². The zero-order chi connectivity index (χ0) is 20.4. The number of carbonyl (C=O) groups excluding carboxylic acids is 1. The predicted molar refractivity (Wildman–Crippen MR) is 107 cm³/mol. The molecule has 0 aliphatic carbocycles. The SMILES string of the molecule is COc1cc2ncnc(C3CCN(C(=O)c4ccc(F)cc4)CC3)c2cc1OC. The van der Waals surface area contributed by atoms with Crippen LogP contribution in [0.1, 0.15) is 34.8 Å². The van der Waals surface area contributed by atoms with E-state index in [9.17, 15) is 9.18 Å². The number of nitrogens with zero attached hydrogens (tertiary/aromatic N) is 3. The molecule has 1 saturated heterocycles. The maximum Gasteiger partial charge on any atom is 0.253 e. The molecule has 0 bridgehead atoms. The van der Waals surface area contributed by atoms with Crippen LogP contribution >= 0.6 is 0 Å². The summed E-state index contributed by atoms with van der Waals surface area (Å²) >= 11 is 0. The van der Waals surface area contributed by atoms with Gasteiger partial charge in [-0.2, -0.15) is 0 Å². The normalized spacial score (nSPS) is 14.8. The number of fused-ring (bicyclic) bond motifs is 1. The number of amides is 1. The summed E-state index contributed by atoms with van der Waals surface area (Å²) in [7, 11) is 3.20. The van der Waals surface area contributed by atoms with Gasteiger partial charge in [-0.05, 0) is 43.2 Å². The molecule has 0 N–H and O–H groups in total. The van der Waals surface area contributed by atoms with Crippen LogP contribution in [0.5, 0.6) is 11.5 Å². The molecule has 150 valence electrons. The van der Waals surface area contributed by atoms with E-state index in [4.69, 9.17) is 9.47 Å². The van der Waals surface area contributed by atoms with Crippen molar-refractivity contribution >= 4 is 16.8 Å². The van der Waals surface area contributed by atoms with E-state index in [0.29, 0.717) is 30.2 Å². The van der Waals surface area contributed by atoms with Crippen molar-refractivity contribution in [2.75, 3.05) is 27.3 Å². The van der Waals surface area contributed by atoms with Gasteiger partial charge in [0.1, 0.15) is 12.1 Å². The van der Waals surface area contributed by atoms with Crippen molar-refractivity contribution in [3.8, 4) is 11.5 Å². The molecule has 6 nitrogen and oxygen atoms in total. The zero-order valence-electron chi connectivity index (χ0n) is 16.4. The molecule has 4 rings (SSSR count). The third-order valence-electron chi connectivity index (χ3n) is 5.43. The van der Waals surface area contributed by atoms with Crippen LogP contribution in [0.4, 0.5) is 4.39 Å². The molecule has 7 heteroatoms. The Hall–Kier alpha value is -3.22. The van der Waals surface area contributed by atoms with E-state index in [0.717, 1.165) is 29.4 Å². The molecule has 29 heavy (non-hydrogen) atoms. The number of rotatable bonds is 4. The van der Waals surface area contributed by atoms with Gasteiger partial charge in [0.05, 0.1) is 25.4 Å². The van der Waals surface area contributed by atoms with Gasteiger partial charge in [0.15, 0.2) is 11.5 Å². The van der Waals surface area contributed by atoms with E-state index < -0.39 is 0 Å². The molecular formula is C22H22FN3O3. The second-order valence-corrected chi connectivity index (χ2v) is 7.06. The third kappa shape index (κ3) is 3.72. The molecule has 1 fully saturated rings. The van der Waals surface area contributed by atoms with E-state index >= 15 is 0 Å². The first-order valence-electron chi connectivity index (χ1n) is 9.52. The lowest BCUT2D eigenvalue weighted by Gasteiger charge is -2.32. The fourth-order valence-corrected chi connectivity index (χ4v) is 3.86. The Morgan fingerprint density at radius 2 is 1.69 bits per heavy atom. The monoisotopic (exact) mass is 395 g/mol. The fourth-order valence-electron chi connectivity index (χ4n) is 3.86. The molecule has 3 aromatic rings. The number of halogens is 1. The summed E-state index contributed by atoms with van der Waals surface area (Å²) < 4.78 is 23.9. The van der Waals surface area contributed by atoms with Crippen LogP contribution in [0.15, 0.2) is 42.7 Å². The second-order valence-electron chi connectivity index (χ2n) is 7.06. The van der Waals surface area contributed by atoms with Crippen LogP contribution in [0, 0.1) is 5.82 Å². The van der Waals surface area contributed by atoms with Crippen molar-refractivity contribution in [1.29, 1.82) is 0 Å². The van der Waals surface area contributed by atoms with Gasteiger partial charge in [-0.1, -0.05) is 0 Å². The minimum Gasteiger partial charge on any atom is -0.493 e. The molecule has 0 spiro atoms. The molecule has 0 radical (unpaired) electrons. The first-order valence-corrected chi connectivity index (χ1v) is 9.52. The quantitative estimate of drug-likeness (QED) is 0.672. The Labute approximate surface area is 168 Å². The Morgan fingerprint density at radius 1 is 1.03 bits per heavy atom. The highest BCUT2D eigenvalue weighted by Gasteiger charge is 2.27. The van der Waals surface area contributed by atoms with Crippen molar-refractivity contribution < 1.29 is 18.7 Å². The smallest absolute Gasteiger partial charge is 0.253 e. The van der Waals surface area contributed by atoms with Crippen molar-refractivity contribution in [3.05, 3.63) is 59.8 Å². The molecular weight excluding hydrogens is 373 g/mol. The van der Waals surface area contributed by atoms with Crippen LogP contribution in [0.3, 0.4) is 0 Å². The number of likely N-dealkylation sites (tertiary alicyclic amines) is 1. The first-order chi connectivity index (χ1) is 14.1. The number of methoxy groups -OCH3 is 2. The predicted octanol–water partition coefficient (Wildman–Crippen LogP) is 3.81. The zero-order valence-corrected chi connectivity index (χ0v) is 16.4. The number of piperidine rings is 1. The summed E-state index contributed by atoms with van der Waals surface area (Å²) in [4.78, 5) is 23.4. The number of hydrogen-bond acceptors (Lipinski definition) is 5. The molecule has 1 aliphatic heterocycles. The van der Waals surface area contributed by atoms with E-state index in [1.807, 2.05) is 17.0 Å². The summed E-state index contributed by atoms with van der Waals surface area (Å²) in [5, 5.41) is 0.938. The van der Waals surface area contributed by atoms with Gasteiger partial charge in [-0.25, -0.2) is 14.4 Å². The average Bonchev–Trinajstić information content (AvgIpc) is 2.77. The summed E-state index contributed by atoms with van der Waals surface area (Å²) in [5.74, 6) is 1.07. The van der Waals surface area contributed by atoms with Crippen LogP contribution < -0.4 is 9.47 Å². The summed E-state index contributed by atoms with van der Waals surface area (Å²) in [5.41, 5.74) is 2.27. The van der Waals surface area contributed by atoms with Gasteiger partial charge in [0.2, 0.25) is 0 Å². The lowest BCUT2D eigenvalue weighted by atomic mass is 9.90. The van der Waals surface area contributed by atoms with Crippen LogP contribution in [-0.2, 0) is 0 Å². The summed E-state index contributed by atoms with van der Waals surface area (Å²) in [6.07, 6.45) is 3.17. The Bertz CT molecular complexity index is 1030. The number of aromatic nitrogens is 2. The molecule has 2 heterocycles. The van der Waals surface area contributed by atoms with Crippen LogP contribution in [0.25, 0.3) is 10.9 Å². The van der Waals surface area contributed by atoms with Crippen molar-refractivity contribution in [3.63, 3.8) is 0 Å². The highest BCUT2D eigenvalue weighted by Crippen LogP contribution is 2.36. The van der Waals surface area contributed by atoms with Crippen molar-refractivity contribution in [2.45, 2.75) is 18.8 Å². The summed E-state index contributed by atoms with van der Waals surface area (Å²) in [6.45, 7) is 1.25. The maximum atomic E-state index is 13.1. The molecule has 1 aromatic heterocycles. The Morgan fingerprint density at radius 3 is 2.34 bits per heavy atom. The van der Waals surface area contributed by atoms with E-state index in [2.05, 4.69) is 9.97 Å². The first kappa shape index (κ1) is 19.1.